The number of hydrogen-bond donors (Lipinski definition) is 1. The molecule has 0 radical (unpaired) electrons. The number of likely N-dealkylation sites (tertiary alicyclic amines) is 1. The summed E-state index contributed by atoms with van der Waals surface area (Å²) in [6.45, 7) is 14.8. The highest BCUT2D eigenvalue weighted by atomic mass is 16.5. The van der Waals surface area contributed by atoms with Crippen LogP contribution in [0.3, 0.4) is 0 Å². The molecule has 5 heteroatoms. The maximum atomic E-state index is 12.4. The van der Waals surface area contributed by atoms with Crippen LogP contribution in [0.25, 0.3) is 0 Å². The minimum absolute atomic E-state index is 0.141. The molecule has 0 saturated carbocycles. The largest absolute Gasteiger partial charge is 0.492 e. The molecule has 0 spiro atoms. The first kappa shape index (κ1) is 21.7. The summed E-state index contributed by atoms with van der Waals surface area (Å²) in [6, 6.07) is 7.54. The van der Waals surface area contributed by atoms with Crippen LogP contribution in [0.1, 0.15) is 47.5 Å². The van der Waals surface area contributed by atoms with Crippen LogP contribution in [0.15, 0.2) is 24.3 Å². The molecule has 1 aromatic rings. The predicted octanol–water partition coefficient (Wildman–Crippen LogP) is 4.19. The van der Waals surface area contributed by atoms with Crippen molar-refractivity contribution < 1.29 is 14.3 Å². The van der Waals surface area contributed by atoms with Gasteiger partial charge in [-0.25, -0.2) is 0 Å². The van der Waals surface area contributed by atoms with Crippen molar-refractivity contribution in [3.05, 3.63) is 24.3 Å². The Bertz CT molecular complexity index is 576. The van der Waals surface area contributed by atoms with E-state index < -0.39 is 5.60 Å². The molecule has 1 N–H and O–H groups in total. The molecule has 2 rings (SSSR count). The summed E-state index contributed by atoms with van der Waals surface area (Å²) in [5.41, 5.74) is -0.0901. The van der Waals surface area contributed by atoms with E-state index in [9.17, 15) is 4.79 Å². The zero-order chi connectivity index (χ0) is 19.9. The van der Waals surface area contributed by atoms with Crippen LogP contribution in [0.4, 0.5) is 5.69 Å². The van der Waals surface area contributed by atoms with E-state index in [1.165, 1.54) is 6.42 Å². The molecule has 1 aliphatic rings. The fraction of sp³-hybridized carbons (Fsp3) is 0.682. The summed E-state index contributed by atoms with van der Waals surface area (Å²) < 4.78 is 11.5. The molecule has 5 nitrogen and oxygen atoms in total. The first-order chi connectivity index (χ1) is 12.8. The molecule has 1 saturated heterocycles. The zero-order valence-corrected chi connectivity index (χ0v) is 17.6. The van der Waals surface area contributed by atoms with Crippen molar-refractivity contribution in [2.24, 2.45) is 11.8 Å². The van der Waals surface area contributed by atoms with Crippen LogP contribution >= 0.6 is 0 Å². The Morgan fingerprint density at radius 3 is 2.37 bits per heavy atom. The van der Waals surface area contributed by atoms with Crippen LogP contribution in [-0.4, -0.2) is 49.3 Å². The number of nitrogens with one attached hydrogen (secondary N) is 1. The lowest BCUT2D eigenvalue weighted by Crippen LogP contribution is -2.40. The van der Waals surface area contributed by atoms with E-state index >= 15 is 0 Å². The van der Waals surface area contributed by atoms with E-state index in [1.54, 1.807) is 13.8 Å². The highest BCUT2D eigenvalue weighted by Crippen LogP contribution is 2.21. The number of anilines is 1. The molecule has 1 fully saturated rings. The highest BCUT2D eigenvalue weighted by molar-refractivity contribution is 5.96. The number of benzene rings is 1. The Labute approximate surface area is 164 Å². The molecular weight excluding hydrogens is 340 g/mol. The first-order valence-electron chi connectivity index (χ1n) is 10.2. The number of rotatable bonds is 9. The Morgan fingerprint density at radius 1 is 1.15 bits per heavy atom. The molecule has 1 aromatic carbocycles. The van der Waals surface area contributed by atoms with Crippen molar-refractivity contribution in [3.8, 4) is 5.75 Å². The molecule has 1 amide bonds. The third kappa shape index (κ3) is 7.15. The Balaban J connectivity index is 1.77. The van der Waals surface area contributed by atoms with Gasteiger partial charge in [-0.3, -0.25) is 9.69 Å². The van der Waals surface area contributed by atoms with Crippen molar-refractivity contribution in [1.29, 1.82) is 0 Å². The third-order valence-corrected chi connectivity index (χ3v) is 4.95. The number of carbonyl (C=O) groups excluding carboxylic acids is 1. The minimum Gasteiger partial charge on any atom is -0.492 e. The zero-order valence-electron chi connectivity index (χ0n) is 17.6. The number of piperidine rings is 1. The summed E-state index contributed by atoms with van der Waals surface area (Å²) in [7, 11) is 0. The van der Waals surface area contributed by atoms with Gasteiger partial charge in [-0.2, -0.15) is 0 Å². The van der Waals surface area contributed by atoms with Crippen LogP contribution < -0.4 is 10.1 Å². The molecule has 0 aromatic heterocycles. The summed E-state index contributed by atoms with van der Waals surface area (Å²) in [5.74, 6) is 2.22. The van der Waals surface area contributed by atoms with E-state index in [4.69, 9.17) is 9.47 Å². The maximum absolute atomic E-state index is 12.4. The van der Waals surface area contributed by atoms with Gasteiger partial charge in [-0.15, -0.1) is 0 Å². The Kier molecular flexibility index (Phi) is 8.11. The fourth-order valence-electron chi connectivity index (χ4n) is 3.61. The molecule has 0 aliphatic carbocycles. The summed E-state index contributed by atoms with van der Waals surface area (Å²) >= 11 is 0. The van der Waals surface area contributed by atoms with Crippen LogP contribution in [0.5, 0.6) is 5.75 Å². The van der Waals surface area contributed by atoms with Gasteiger partial charge in [0.25, 0.3) is 5.91 Å². The topological polar surface area (TPSA) is 50.8 Å². The molecule has 2 atom stereocenters. The monoisotopic (exact) mass is 376 g/mol. The van der Waals surface area contributed by atoms with Crippen LogP contribution in [0.2, 0.25) is 0 Å². The summed E-state index contributed by atoms with van der Waals surface area (Å²) in [5, 5.41) is 2.91. The Morgan fingerprint density at radius 2 is 1.78 bits per heavy atom. The van der Waals surface area contributed by atoms with E-state index in [0.29, 0.717) is 13.2 Å². The van der Waals surface area contributed by atoms with Gasteiger partial charge in [0.1, 0.15) is 18.0 Å². The van der Waals surface area contributed by atoms with Crippen molar-refractivity contribution in [2.45, 2.75) is 53.1 Å². The van der Waals surface area contributed by atoms with Gasteiger partial charge in [0, 0.05) is 31.9 Å². The van der Waals surface area contributed by atoms with Crippen molar-refractivity contribution in [1.82, 2.24) is 4.90 Å². The van der Waals surface area contributed by atoms with Crippen LogP contribution in [-0.2, 0) is 9.53 Å². The van der Waals surface area contributed by atoms with Gasteiger partial charge in [-0.05, 0) is 62.8 Å². The number of hydrogen-bond acceptors (Lipinski definition) is 4. The maximum Gasteiger partial charge on any atom is 0.256 e. The van der Waals surface area contributed by atoms with E-state index in [0.717, 1.165) is 49.3 Å². The summed E-state index contributed by atoms with van der Waals surface area (Å²) in [6.07, 6.45) is 2.21. The second-order valence-corrected chi connectivity index (χ2v) is 8.39. The van der Waals surface area contributed by atoms with E-state index in [2.05, 4.69) is 24.1 Å². The lowest BCUT2D eigenvalue weighted by Gasteiger charge is -2.34. The van der Waals surface area contributed by atoms with E-state index in [-0.39, 0.29) is 5.91 Å². The highest BCUT2D eigenvalue weighted by Gasteiger charge is 2.28. The molecule has 1 heterocycles. The quantitative estimate of drug-likeness (QED) is 0.702. The van der Waals surface area contributed by atoms with E-state index in [1.807, 2.05) is 31.2 Å². The SMILES string of the molecule is CCCOC(C)(C)C(=O)Nc1ccc(OCCN2CC(C)CC(C)C2)cc1. The van der Waals surface area contributed by atoms with Crippen molar-refractivity contribution in [3.63, 3.8) is 0 Å². The Hall–Kier alpha value is -1.59. The second kappa shape index (κ2) is 10.1. The second-order valence-electron chi connectivity index (χ2n) is 8.39. The normalized spacial score (nSPS) is 21.1. The molecule has 2 unspecified atom stereocenters. The molecular formula is C22H36N2O3. The minimum atomic E-state index is -0.839. The third-order valence-electron chi connectivity index (χ3n) is 4.95. The summed E-state index contributed by atoms with van der Waals surface area (Å²) in [4.78, 5) is 14.8. The van der Waals surface area contributed by atoms with Gasteiger partial charge < -0.3 is 14.8 Å². The molecule has 1 aliphatic heterocycles. The molecule has 27 heavy (non-hydrogen) atoms. The van der Waals surface area contributed by atoms with Crippen LogP contribution in [0, 0.1) is 11.8 Å². The molecule has 152 valence electrons. The van der Waals surface area contributed by atoms with Gasteiger partial charge in [0.15, 0.2) is 0 Å². The van der Waals surface area contributed by atoms with Gasteiger partial charge in [0.2, 0.25) is 0 Å². The first-order valence-corrected chi connectivity index (χ1v) is 10.2. The van der Waals surface area contributed by atoms with Gasteiger partial charge >= 0.3 is 0 Å². The number of amides is 1. The van der Waals surface area contributed by atoms with Gasteiger partial charge in [0.05, 0.1) is 0 Å². The number of ether oxygens (including phenoxy) is 2. The smallest absolute Gasteiger partial charge is 0.256 e. The molecule has 0 bridgehead atoms. The van der Waals surface area contributed by atoms with Crippen molar-refractivity contribution in [2.75, 3.05) is 38.2 Å². The predicted molar refractivity (Wildman–Crippen MR) is 110 cm³/mol. The van der Waals surface area contributed by atoms with Crippen molar-refractivity contribution >= 4 is 11.6 Å². The standard InChI is InChI=1S/C22H36N2O3/c1-6-12-27-22(4,5)21(25)23-19-7-9-20(10-8-19)26-13-11-24-15-17(2)14-18(3)16-24/h7-10,17-18H,6,11-16H2,1-5H3,(H,23,25). The van der Waals surface area contributed by atoms with Gasteiger partial charge in [-0.1, -0.05) is 20.8 Å². The fourth-order valence-corrected chi connectivity index (χ4v) is 3.61. The average molecular weight is 377 g/mol. The number of nitrogens with zero attached hydrogens (tertiary/aromatic N) is 1. The average Bonchev–Trinajstić information content (AvgIpc) is 2.60. The lowest BCUT2D eigenvalue weighted by atomic mass is 9.92. The number of carbonyl (C=O) groups is 1. The lowest BCUT2D eigenvalue weighted by molar-refractivity contribution is -0.137.